The number of rotatable bonds is 5. The SMILES string of the molecule is CCN(CC)c1ccc(C(=O)Nc2ccc(Br)cc2)nc1. The number of anilines is 2. The van der Waals surface area contributed by atoms with Gasteiger partial charge in [-0.1, -0.05) is 15.9 Å². The van der Waals surface area contributed by atoms with E-state index in [9.17, 15) is 4.79 Å². The Kier molecular flexibility index (Phi) is 5.33. The Morgan fingerprint density at radius 1 is 1.14 bits per heavy atom. The Hall–Kier alpha value is -1.88. The van der Waals surface area contributed by atoms with Gasteiger partial charge in [0.2, 0.25) is 0 Å². The van der Waals surface area contributed by atoms with Gasteiger partial charge in [0.1, 0.15) is 5.69 Å². The van der Waals surface area contributed by atoms with Crippen molar-refractivity contribution in [2.24, 2.45) is 0 Å². The van der Waals surface area contributed by atoms with Gasteiger partial charge in [-0.2, -0.15) is 0 Å². The smallest absolute Gasteiger partial charge is 0.274 e. The van der Waals surface area contributed by atoms with Gasteiger partial charge >= 0.3 is 0 Å². The molecule has 5 heteroatoms. The van der Waals surface area contributed by atoms with Crippen molar-refractivity contribution in [1.29, 1.82) is 0 Å². The van der Waals surface area contributed by atoms with E-state index in [0.717, 1.165) is 28.9 Å². The molecule has 0 aliphatic rings. The topological polar surface area (TPSA) is 45.2 Å². The van der Waals surface area contributed by atoms with Gasteiger partial charge in [0.25, 0.3) is 5.91 Å². The largest absolute Gasteiger partial charge is 0.371 e. The molecule has 4 nitrogen and oxygen atoms in total. The van der Waals surface area contributed by atoms with Crippen LogP contribution in [0.3, 0.4) is 0 Å². The second-order valence-corrected chi connectivity index (χ2v) is 5.45. The minimum Gasteiger partial charge on any atom is -0.371 e. The highest BCUT2D eigenvalue weighted by molar-refractivity contribution is 9.10. The number of hydrogen-bond acceptors (Lipinski definition) is 3. The number of carbonyl (C=O) groups is 1. The summed E-state index contributed by atoms with van der Waals surface area (Å²) in [6.45, 7) is 6.03. The van der Waals surface area contributed by atoms with Gasteiger partial charge in [-0.25, -0.2) is 4.98 Å². The van der Waals surface area contributed by atoms with E-state index in [-0.39, 0.29) is 5.91 Å². The molecule has 2 rings (SSSR count). The first-order chi connectivity index (χ1) is 10.1. The molecular formula is C16H18BrN3O. The van der Waals surface area contributed by atoms with Gasteiger partial charge in [0.15, 0.2) is 0 Å². The number of carbonyl (C=O) groups excluding carboxylic acids is 1. The molecule has 110 valence electrons. The predicted octanol–water partition coefficient (Wildman–Crippen LogP) is 3.94. The molecule has 0 aliphatic heterocycles. The zero-order valence-electron chi connectivity index (χ0n) is 12.1. The lowest BCUT2D eigenvalue weighted by Gasteiger charge is -2.20. The second-order valence-electron chi connectivity index (χ2n) is 4.53. The van der Waals surface area contributed by atoms with Crippen LogP contribution < -0.4 is 10.2 Å². The van der Waals surface area contributed by atoms with Crippen LogP contribution in [-0.2, 0) is 0 Å². The molecule has 21 heavy (non-hydrogen) atoms. The number of benzene rings is 1. The van der Waals surface area contributed by atoms with E-state index < -0.39 is 0 Å². The van der Waals surface area contributed by atoms with E-state index in [1.54, 1.807) is 12.3 Å². The molecule has 0 spiro atoms. The summed E-state index contributed by atoms with van der Waals surface area (Å²) in [6, 6.07) is 11.1. The summed E-state index contributed by atoms with van der Waals surface area (Å²) in [7, 11) is 0. The molecule has 1 amide bonds. The summed E-state index contributed by atoms with van der Waals surface area (Å²) in [5, 5.41) is 2.83. The van der Waals surface area contributed by atoms with E-state index in [0.29, 0.717) is 5.69 Å². The highest BCUT2D eigenvalue weighted by Crippen LogP contribution is 2.16. The number of hydrogen-bond donors (Lipinski definition) is 1. The van der Waals surface area contributed by atoms with Crippen LogP contribution in [-0.4, -0.2) is 24.0 Å². The van der Waals surface area contributed by atoms with Gasteiger partial charge in [-0.15, -0.1) is 0 Å². The Morgan fingerprint density at radius 2 is 1.81 bits per heavy atom. The van der Waals surface area contributed by atoms with E-state index in [4.69, 9.17) is 0 Å². The van der Waals surface area contributed by atoms with Gasteiger partial charge in [-0.05, 0) is 50.2 Å². The third-order valence-electron chi connectivity index (χ3n) is 3.21. The third-order valence-corrected chi connectivity index (χ3v) is 3.74. The first-order valence-corrected chi connectivity index (χ1v) is 7.71. The lowest BCUT2D eigenvalue weighted by molar-refractivity contribution is 0.102. The van der Waals surface area contributed by atoms with Crippen LogP contribution in [0.25, 0.3) is 0 Å². The highest BCUT2D eigenvalue weighted by atomic mass is 79.9. The van der Waals surface area contributed by atoms with E-state index >= 15 is 0 Å². The monoisotopic (exact) mass is 347 g/mol. The van der Waals surface area contributed by atoms with Crippen LogP contribution in [0.1, 0.15) is 24.3 Å². The number of halogens is 1. The molecule has 0 fully saturated rings. The molecule has 0 radical (unpaired) electrons. The second kappa shape index (κ2) is 7.22. The van der Waals surface area contributed by atoms with Crippen molar-refractivity contribution in [2.45, 2.75) is 13.8 Å². The molecule has 0 atom stereocenters. The van der Waals surface area contributed by atoms with Crippen LogP contribution in [0.15, 0.2) is 47.1 Å². The molecule has 0 saturated carbocycles. The summed E-state index contributed by atoms with van der Waals surface area (Å²) in [4.78, 5) is 18.6. The lowest BCUT2D eigenvalue weighted by Crippen LogP contribution is -2.22. The third kappa shape index (κ3) is 4.04. The maximum absolute atomic E-state index is 12.1. The van der Waals surface area contributed by atoms with Crippen molar-refractivity contribution in [2.75, 3.05) is 23.3 Å². The molecule has 1 heterocycles. The number of pyridine rings is 1. The molecule has 1 aromatic carbocycles. The standard InChI is InChI=1S/C16H18BrN3O/c1-3-20(4-2)14-9-10-15(18-11-14)16(21)19-13-7-5-12(17)6-8-13/h5-11H,3-4H2,1-2H3,(H,19,21). The molecule has 0 aliphatic carbocycles. The molecule has 2 aromatic rings. The first kappa shape index (κ1) is 15.5. The Bertz CT molecular complexity index is 592. The lowest BCUT2D eigenvalue weighted by atomic mass is 10.2. The van der Waals surface area contributed by atoms with Crippen molar-refractivity contribution in [3.8, 4) is 0 Å². The van der Waals surface area contributed by atoms with Crippen LogP contribution >= 0.6 is 15.9 Å². The normalized spacial score (nSPS) is 10.2. The summed E-state index contributed by atoms with van der Waals surface area (Å²) in [5.74, 6) is -0.205. The fourth-order valence-corrected chi connectivity index (χ4v) is 2.29. The van der Waals surface area contributed by atoms with E-state index in [2.05, 4.69) is 45.0 Å². The molecule has 0 bridgehead atoms. The van der Waals surface area contributed by atoms with E-state index in [1.807, 2.05) is 30.3 Å². The quantitative estimate of drug-likeness (QED) is 0.890. The van der Waals surface area contributed by atoms with Crippen molar-refractivity contribution in [3.05, 3.63) is 52.8 Å². The van der Waals surface area contributed by atoms with Crippen LogP contribution in [0.5, 0.6) is 0 Å². The van der Waals surface area contributed by atoms with Crippen LogP contribution in [0.4, 0.5) is 11.4 Å². The van der Waals surface area contributed by atoms with Crippen LogP contribution in [0, 0.1) is 0 Å². The average molecular weight is 348 g/mol. The molecule has 0 unspecified atom stereocenters. The highest BCUT2D eigenvalue weighted by Gasteiger charge is 2.09. The van der Waals surface area contributed by atoms with Gasteiger partial charge in [0, 0.05) is 23.2 Å². The number of nitrogens with one attached hydrogen (secondary N) is 1. The van der Waals surface area contributed by atoms with Crippen molar-refractivity contribution < 1.29 is 4.79 Å². The molecule has 1 N–H and O–H groups in total. The first-order valence-electron chi connectivity index (χ1n) is 6.92. The maximum atomic E-state index is 12.1. The Morgan fingerprint density at radius 3 is 2.33 bits per heavy atom. The fraction of sp³-hybridized carbons (Fsp3) is 0.250. The maximum Gasteiger partial charge on any atom is 0.274 e. The summed E-state index contributed by atoms with van der Waals surface area (Å²) >= 11 is 3.36. The van der Waals surface area contributed by atoms with Crippen LogP contribution in [0.2, 0.25) is 0 Å². The van der Waals surface area contributed by atoms with Gasteiger partial charge in [-0.3, -0.25) is 4.79 Å². The van der Waals surface area contributed by atoms with Crippen molar-refractivity contribution >= 4 is 33.2 Å². The Balaban J connectivity index is 2.07. The number of nitrogens with zero attached hydrogens (tertiary/aromatic N) is 2. The average Bonchev–Trinajstić information content (AvgIpc) is 2.51. The number of amides is 1. The molecular weight excluding hydrogens is 330 g/mol. The van der Waals surface area contributed by atoms with Gasteiger partial charge < -0.3 is 10.2 Å². The minimum absolute atomic E-state index is 0.205. The summed E-state index contributed by atoms with van der Waals surface area (Å²) in [6.07, 6.45) is 1.74. The van der Waals surface area contributed by atoms with Crippen molar-refractivity contribution in [3.63, 3.8) is 0 Å². The summed E-state index contributed by atoms with van der Waals surface area (Å²) < 4.78 is 0.974. The number of aromatic nitrogens is 1. The van der Waals surface area contributed by atoms with Crippen molar-refractivity contribution in [1.82, 2.24) is 4.98 Å². The zero-order chi connectivity index (χ0) is 15.2. The summed E-state index contributed by atoms with van der Waals surface area (Å²) in [5.41, 5.74) is 2.19. The molecule has 0 saturated heterocycles. The zero-order valence-corrected chi connectivity index (χ0v) is 13.7. The van der Waals surface area contributed by atoms with E-state index in [1.165, 1.54) is 0 Å². The predicted molar refractivity (Wildman–Crippen MR) is 89.9 cm³/mol. The minimum atomic E-state index is -0.205. The van der Waals surface area contributed by atoms with Gasteiger partial charge in [0.05, 0.1) is 11.9 Å². The Labute approximate surface area is 133 Å². The fourth-order valence-electron chi connectivity index (χ4n) is 2.02. The molecule has 1 aromatic heterocycles.